The summed E-state index contributed by atoms with van der Waals surface area (Å²) in [5.74, 6) is -1.28. The standard InChI is InChI=1S/C21H22BrClF3N3O4S/c1-13(20(31)27-2)28(11-14-4-6-15(22)7-5-14)19(30)12-29(34(3,32)33)16-8-9-18(23)17(10-16)21(24,25)26/h4-10,13H,11-12H2,1-3H3,(H,27,31)/t13-/m1/s1. The summed E-state index contributed by atoms with van der Waals surface area (Å²) in [6.45, 7) is 0.604. The van der Waals surface area contributed by atoms with Crippen LogP contribution in [0.1, 0.15) is 18.1 Å². The van der Waals surface area contributed by atoms with Gasteiger partial charge in [0.25, 0.3) is 0 Å². The van der Waals surface area contributed by atoms with Gasteiger partial charge in [-0.3, -0.25) is 13.9 Å². The Bertz CT molecular complexity index is 1160. The van der Waals surface area contributed by atoms with Crippen molar-refractivity contribution >= 4 is 55.1 Å². The largest absolute Gasteiger partial charge is 0.417 e. The molecule has 0 fully saturated rings. The quantitative estimate of drug-likeness (QED) is 0.507. The van der Waals surface area contributed by atoms with Crippen LogP contribution in [0.5, 0.6) is 0 Å². The summed E-state index contributed by atoms with van der Waals surface area (Å²) in [7, 11) is -2.80. The Morgan fingerprint density at radius 1 is 1.15 bits per heavy atom. The Kier molecular flexibility index (Phi) is 9.00. The summed E-state index contributed by atoms with van der Waals surface area (Å²) >= 11 is 8.94. The molecule has 0 aliphatic rings. The van der Waals surface area contributed by atoms with E-state index in [4.69, 9.17) is 11.6 Å². The topological polar surface area (TPSA) is 86.8 Å². The molecule has 2 aromatic rings. The predicted octanol–water partition coefficient (Wildman–Crippen LogP) is 4.05. The van der Waals surface area contributed by atoms with Gasteiger partial charge in [-0.1, -0.05) is 39.7 Å². The van der Waals surface area contributed by atoms with Gasteiger partial charge in [0.15, 0.2) is 0 Å². The molecule has 0 spiro atoms. The minimum Gasteiger partial charge on any atom is -0.357 e. The number of alkyl halides is 3. The van der Waals surface area contributed by atoms with E-state index in [1.165, 1.54) is 14.0 Å². The summed E-state index contributed by atoms with van der Waals surface area (Å²) < 4.78 is 66.2. The zero-order valence-electron chi connectivity index (χ0n) is 18.4. The number of nitrogens with one attached hydrogen (secondary N) is 1. The summed E-state index contributed by atoms with van der Waals surface area (Å²) in [5.41, 5.74) is -0.967. The highest BCUT2D eigenvalue weighted by Gasteiger charge is 2.35. The fraction of sp³-hybridized carbons (Fsp3) is 0.333. The average Bonchev–Trinajstić information content (AvgIpc) is 2.74. The molecule has 0 unspecified atom stereocenters. The molecule has 0 saturated heterocycles. The molecule has 0 bridgehead atoms. The SMILES string of the molecule is CNC(=O)[C@@H](C)N(Cc1ccc(Br)cc1)C(=O)CN(c1ccc(Cl)c(C(F)(F)F)c1)S(C)(=O)=O. The highest BCUT2D eigenvalue weighted by Crippen LogP contribution is 2.37. The number of carbonyl (C=O) groups excluding carboxylic acids is 2. The van der Waals surface area contributed by atoms with E-state index in [1.807, 2.05) is 0 Å². The molecule has 2 amide bonds. The van der Waals surface area contributed by atoms with Crippen molar-refractivity contribution in [2.45, 2.75) is 25.7 Å². The molecule has 2 rings (SSSR count). The van der Waals surface area contributed by atoms with Gasteiger partial charge in [0.2, 0.25) is 21.8 Å². The molecule has 0 saturated carbocycles. The summed E-state index contributed by atoms with van der Waals surface area (Å²) in [6, 6.07) is 8.46. The van der Waals surface area contributed by atoms with Gasteiger partial charge >= 0.3 is 6.18 Å². The third-order valence-electron chi connectivity index (χ3n) is 4.90. The lowest BCUT2D eigenvalue weighted by Crippen LogP contribution is -2.50. The van der Waals surface area contributed by atoms with Gasteiger partial charge in [-0.15, -0.1) is 0 Å². The summed E-state index contributed by atoms with van der Waals surface area (Å²) in [4.78, 5) is 26.7. The number of nitrogens with zero attached hydrogens (tertiary/aromatic N) is 2. The number of likely N-dealkylation sites (N-methyl/N-ethyl adjacent to an activating group) is 1. The molecular weight excluding hydrogens is 563 g/mol. The van der Waals surface area contributed by atoms with E-state index in [0.717, 1.165) is 27.8 Å². The fourth-order valence-electron chi connectivity index (χ4n) is 3.08. The third-order valence-corrected chi connectivity index (χ3v) is 6.90. The fourth-order valence-corrected chi connectivity index (χ4v) is 4.41. The maximum absolute atomic E-state index is 13.3. The van der Waals surface area contributed by atoms with Gasteiger partial charge in [0, 0.05) is 18.1 Å². The van der Waals surface area contributed by atoms with Gasteiger partial charge in [0.1, 0.15) is 12.6 Å². The first-order valence-corrected chi connectivity index (χ1v) is 12.8. The minimum atomic E-state index is -4.83. The van der Waals surface area contributed by atoms with E-state index >= 15 is 0 Å². The van der Waals surface area contributed by atoms with Crippen molar-refractivity contribution < 1.29 is 31.2 Å². The predicted molar refractivity (Wildman–Crippen MR) is 127 cm³/mol. The first-order valence-electron chi connectivity index (χ1n) is 9.75. The van der Waals surface area contributed by atoms with Gasteiger partial charge in [-0.05, 0) is 42.8 Å². The van der Waals surface area contributed by atoms with E-state index in [-0.39, 0.29) is 12.2 Å². The van der Waals surface area contributed by atoms with Crippen molar-refractivity contribution in [3.05, 3.63) is 63.1 Å². The maximum Gasteiger partial charge on any atom is 0.417 e. The van der Waals surface area contributed by atoms with Crippen molar-refractivity contribution in [1.29, 1.82) is 0 Å². The molecule has 1 N–H and O–H groups in total. The number of amides is 2. The lowest BCUT2D eigenvalue weighted by atomic mass is 10.1. The van der Waals surface area contributed by atoms with Gasteiger partial charge in [-0.2, -0.15) is 13.2 Å². The molecule has 186 valence electrons. The van der Waals surface area contributed by atoms with Crippen LogP contribution in [0.2, 0.25) is 5.02 Å². The summed E-state index contributed by atoms with van der Waals surface area (Å²) in [5, 5.41) is 1.82. The lowest BCUT2D eigenvalue weighted by molar-refractivity contribution is -0.139. The molecule has 0 aliphatic carbocycles. The number of anilines is 1. The van der Waals surface area contributed by atoms with Crippen LogP contribution in [0, 0.1) is 0 Å². The molecule has 0 heterocycles. The maximum atomic E-state index is 13.3. The highest BCUT2D eigenvalue weighted by atomic mass is 79.9. The van der Waals surface area contributed by atoms with Gasteiger partial charge in [-0.25, -0.2) is 8.42 Å². The first kappa shape index (κ1) is 27.9. The normalized spacial score (nSPS) is 12.7. The van der Waals surface area contributed by atoms with Crippen LogP contribution in [0.3, 0.4) is 0 Å². The lowest BCUT2D eigenvalue weighted by Gasteiger charge is -2.31. The number of benzene rings is 2. The van der Waals surface area contributed by atoms with E-state index in [2.05, 4.69) is 21.2 Å². The molecule has 0 aliphatic heterocycles. The molecule has 0 aromatic heterocycles. The number of hydrogen-bond donors (Lipinski definition) is 1. The van der Waals surface area contributed by atoms with Crippen molar-refractivity contribution in [2.75, 3.05) is 24.2 Å². The smallest absolute Gasteiger partial charge is 0.357 e. The second-order valence-electron chi connectivity index (χ2n) is 7.37. The number of halogens is 5. The van der Waals surface area contributed by atoms with Crippen molar-refractivity contribution in [3.8, 4) is 0 Å². The van der Waals surface area contributed by atoms with E-state index in [9.17, 15) is 31.2 Å². The third kappa shape index (κ3) is 7.09. The Morgan fingerprint density at radius 2 is 1.74 bits per heavy atom. The highest BCUT2D eigenvalue weighted by molar-refractivity contribution is 9.10. The molecule has 13 heteroatoms. The van der Waals surface area contributed by atoms with Crippen LogP contribution < -0.4 is 9.62 Å². The van der Waals surface area contributed by atoms with Crippen LogP contribution in [0.25, 0.3) is 0 Å². The second-order valence-corrected chi connectivity index (χ2v) is 10.6. The first-order chi connectivity index (χ1) is 15.6. The van der Waals surface area contributed by atoms with Crippen LogP contribution in [0.4, 0.5) is 18.9 Å². The van der Waals surface area contributed by atoms with Crippen molar-refractivity contribution in [2.24, 2.45) is 0 Å². The minimum absolute atomic E-state index is 0.0350. The second kappa shape index (κ2) is 11.0. The van der Waals surface area contributed by atoms with E-state index in [1.54, 1.807) is 24.3 Å². The van der Waals surface area contributed by atoms with Crippen LogP contribution in [0.15, 0.2) is 46.9 Å². The Hall–Kier alpha value is -2.31. The number of hydrogen-bond acceptors (Lipinski definition) is 4. The molecule has 7 nitrogen and oxygen atoms in total. The van der Waals surface area contributed by atoms with Crippen molar-refractivity contribution in [1.82, 2.24) is 10.2 Å². The van der Waals surface area contributed by atoms with Gasteiger partial charge < -0.3 is 10.2 Å². The van der Waals surface area contributed by atoms with Gasteiger partial charge in [0.05, 0.1) is 22.5 Å². The zero-order valence-corrected chi connectivity index (χ0v) is 21.5. The zero-order chi connectivity index (χ0) is 25.8. The summed E-state index contributed by atoms with van der Waals surface area (Å²) in [6.07, 6.45) is -4.06. The van der Waals surface area contributed by atoms with Crippen molar-refractivity contribution in [3.63, 3.8) is 0 Å². The molecule has 1 atom stereocenters. The van der Waals surface area contributed by atoms with Crippen LogP contribution in [-0.2, 0) is 32.3 Å². The number of rotatable bonds is 8. The monoisotopic (exact) mass is 583 g/mol. The van der Waals surface area contributed by atoms with Crippen LogP contribution >= 0.6 is 27.5 Å². The molecule has 2 aromatic carbocycles. The molecule has 0 radical (unpaired) electrons. The number of carbonyl (C=O) groups is 2. The molecule has 34 heavy (non-hydrogen) atoms. The molecular formula is C21H22BrClF3N3O4S. The average molecular weight is 585 g/mol. The van der Waals surface area contributed by atoms with E-state index < -0.39 is 51.2 Å². The van der Waals surface area contributed by atoms with Crippen LogP contribution in [-0.4, -0.2) is 51.0 Å². The Labute approximate surface area is 209 Å². The van der Waals surface area contributed by atoms with E-state index in [0.29, 0.717) is 15.9 Å². The Balaban J connectivity index is 2.46. The Morgan fingerprint density at radius 3 is 2.24 bits per heavy atom. The number of sulfonamides is 1.